The molecule has 0 aliphatic carbocycles. The fourth-order valence-electron chi connectivity index (χ4n) is 1.10. The molecule has 1 unspecified atom stereocenters. The van der Waals surface area contributed by atoms with E-state index in [4.69, 9.17) is 5.73 Å². The van der Waals surface area contributed by atoms with E-state index in [9.17, 15) is 4.79 Å². The van der Waals surface area contributed by atoms with E-state index in [0.717, 1.165) is 13.0 Å². The summed E-state index contributed by atoms with van der Waals surface area (Å²) in [5.74, 6) is -0.341. The van der Waals surface area contributed by atoms with Crippen LogP contribution in [-0.4, -0.2) is 44.2 Å². The summed E-state index contributed by atoms with van der Waals surface area (Å²) >= 11 is 0. The van der Waals surface area contributed by atoms with E-state index in [0.29, 0.717) is 6.42 Å². The molecule has 0 aromatic rings. The van der Waals surface area contributed by atoms with Crippen molar-refractivity contribution in [1.82, 2.24) is 4.90 Å². The van der Waals surface area contributed by atoms with Crippen LogP contribution in [0, 0.1) is 0 Å². The number of hydrogen-bond acceptors (Lipinski definition) is 4. The zero-order chi connectivity index (χ0) is 10.5. The van der Waals surface area contributed by atoms with Crippen molar-refractivity contribution in [1.29, 1.82) is 0 Å². The Kier molecular flexibility index (Phi) is 4.95. The Labute approximate surface area is 80.0 Å². The maximum Gasteiger partial charge on any atom is 0.325 e. The molecule has 0 heterocycles. The largest absolute Gasteiger partial charge is 0.468 e. The summed E-state index contributed by atoms with van der Waals surface area (Å²) in [6.45, 7) is 2.64. The Morgan fingerprint density at radius 2 is 2.08 bits per heavy atom. The quantitative estimate of drug-likeness (QED) is 0.627. The van der Waals surface area contributed by atoms with Crippen LogP contribution in [0.15, 0.2) is 0 Å². The van der Waals surface area contributed by atoms with Gasteiger partial charge in [0.1, 0.15) is 5.54 Å². The lowest BCUT2D eigenvalue weighted by Gasteiger charge is -2.21. The van der Waals surface area contributed by atoms with Gasteiger partial charge in [0, 0.05) is 0 Å². The van der Waals surface area contributed by atoms with Crippen LogP contribution in [0.5, 0.6) is 0 Å². The van der Waals surface area contributed by atoms with Gasteiger partial charge in [-0.05, 0) is 40.4 Å². The van der Waals surface area contributed by atoms with Gasteiger partial charge in [0.15, 0.2) is 0 Å². The Morgan fingerprint density at radius 1 is 1.54 bits per heavy atom. The van der Waals surface area contributed by atoms with Crippen molar-refractivity contribution in [3.05, 3.63) is 0 Å². The zero-order valence-corrected chi connectivity index (χ0v) is 8.96. The summed E-state index contributed by atoms with van der Waals surface area (Å²) in [6, 6.07) is 0. The first-order chi connectivity index (χ1) is 5.90. The van der Waals surface area contributed by atoms with Crippen molar-refractivity contribution in [3.63, 3.8) is 0 Å². The predicted octanol–water partition coefficient (Wildman–Crippen LogP) is 0.219. The molecule has 0 spiro atoms. The molecule has 0 radical (unpaired) electrons. The topological polar surface area (TPSA) is 55.6 Å². The Hall–Kier alpha value is -0.610. The predicted molar refractivity (Wildman–Crippen MR) is 52.4 cm³/mol. The SMILES string of the molecule is COC(=O)C(C)(N)CCCN(C)C. The molecular formula is C9H20N2O2. The summed E-state index contributed by atoms with van der Waals surface area (Å²) in [5, 5.41) is 0. The molecule has 0 aliphatic rings. The van der Waals surface area contributed by atoms with E-state index in [-0.39, 0.29) is 5.97 Å². The molecule has 0 fully saturated rings. The number of hydrogen-bond donors (Lipinski definition) is 1. The maximum atomic E-state index is 11.1. The second kappa shape index (κ2) is 5.19. The van der Waals surface area contributed by atoms with E-state index in [2.05, 4.69) is 9.64 Å². The summed E-state index contributed by atoms with van der Waals surface area (Å²) in [5.41, 5.74) is 4.92. The molecule has 2 N–H and O–H groups in total. The van der Waals surface area contributed by atoms with Crippen LogP contribution in [-0.2, 0) is 9.53 Å². The minimum absolute atomic E-state index is 0.341. The summed E-state index contributed by atoms with van der Waals surface area (Å²) in [6.07, 6.45) is 1.55. The maximum absolute atomic E-state index is 11.1. The van der Waals surface area contributed by atoms with Crippen LogP contribution in [0.2, 0.25) is 0 Å². The van der Waals surface area contributed by atoms with Gasteiger partial charge in [0.2, 0.25) is 0 Å². The average molecular weight is 188 g/mol. The van der Waals surface area contributed by atoms with Crippen LogP contribution in [0.4, 0.5) is 0 Å². The molecule has 0 bridgehead atoms. The third-order valence-corrected chi connectivity index (χ3v) is 1.95. The van der Waals surface area contributed by atoms with Gasteiger partial charge < -0.3 is 15.4 Å². The first-order valence-corrected chi connectivity index (χ1v) is 4.42. The smallest absolute Gasteiger partial charge is 0.325 e. The van der Waals surface area contributed by atoms with Crippen LogP contribution in [0.3, 0.4) is 0 Å². The molecule has 4 heteroatoms. The number of carbonyl (C=O) groups is 1. The summed E-state index contributed by atoms with van der Waals surface area (Å²) in [4.78, 5) is 13.2. The number of ether oxygens (including phenoxy) is 1. The highest BCUT2D eigenvalue weighted by Gasteiger charge is 2.28. The van der Waals surface area contributed by atoms with Crippen molar-refractivity contribution in [2.24, 2.45) is 5.73 Å². The number of nitrogens with two attached hydrogens (primary N) is 1. The van der Waals surface area contributed by atoms with Crippen molar-refractivity contribution in [2.75, 3.05) is 27.7 Å². The van der Waals surface area contributed by atoms with E-state index in [1.54, 1.807) is 6.92 Å². The highest BCUT2D eigenvalue weighted by atomic mass is 16.5. The second-order valence-corrected chi connectivity index (χ2v) is 3.82. The van der Waals surface area contributed by atoms with Crippen molar-refractivity contribution < 1.29 is 9.53 Å². The van der Waals surface area contributed by atoms with Gasteiger partial charge in [0.25, 0.3) is 0 Å². The van der Waals surface area contributed by atoms with Gasteiger partial charge in [-0.25, -0.2) is 0 Å². The average Bonchev–Trinajstić information content (AvgIpc) is 2.01. The molecule has 0 aromatic carbocycles. The van der Waals surface area contributed by atoms with Gasteiger partial charge in [-0.3, -0.25) is 4.79 Å². The van der Waals surface area contributed by atoms with Crippen molar-refractivity contribution in [3.8, 4) is 0 Å². The fourth-order valence-corrected chi connectivity index (χ4v) is 1.10. The van der Waals surface area contributed by atoms with Crippen LogP contribution >= 0.6 is 0 Å². The van der Waals surface area contributed by atoms with Crippen molar-refractivity contribution in [2.45, 2.75) is 25.3 Å². The normalized spacial score (nSPS) is 15.5. The number of esters is 1. The number of rotatable bonds is 5. The third kappa shape index (κ3) is 4.85. The number of carbonyl (C=O) groups excluding carboxylic acids is 1. The highest BCUT2D eigenvalue weighted by molar-refractivity contribution is 5.79. The number of methoxy groups -OCH3 is 1. The van der Waals surface area contributed by atoms with Crippen LogP contribution < -0.4 is 5.73 Å². The lowest BCUT2D eigenvalue weighted by Crippen LogP contribution is -2.46. The Balaban J connectivity index is 3.82. The summed E-state index contributed by atoms with van der Waals surface area (Å²) < 4.78 is 4.59. The minimum atomic E-state index is -0.843. The third-order valence-electron chi connectivity index (χ3n) is 1.95. The van der Waals surface area contributed by atoms with E-state index < -0.39 is 5.54 Å². The summed E-state index contributed by atoms with van der Waals surface area (Å²) in [7, 11) is 5.34. The first kappa shape index (κ1) is 12.4. The molecule has 78 valence electrons. The molecule has 0 amide bonds. The van der Waals surface area contributed by atoms with Crippen LogP contribution in [0.25, 0.3) is 0 Å². The van der Waals surface area contributed by atoms with Gasteiger partial charge in [0.05, 0.1) is 7.11 Å². The second-order valence-electron chi connectivity index (χ2n) is 3.82. The Bertz CT molecular complexity index is 167. The lowest BCUT2D eigenvalue weighted by atomic mass is 9.97. The van der Waals surface area contributed by atoms with Gasteiger partial charge >= 0.3 is 5.97 Å². The zero-order valence-electron chi connectivity index (χ0n) is 8.96. The first-order valence-electron chi connectivity index (χ1n) is 4.42. The molecule has 0 aromatic heterocycles. The lowest BCUT2D eigenvalue weighted by molar-refractivity contribution is -0.146. The van der Waals surface area contributed by atoms with Gasteiger partial charge in [-0.1, -0.05) is 0 Å². The number of nitrogens with zero attached hydrogens (tertiary/aromatic N) is 1. The minimum Gasteiger partial charge on any atom is -0.468 e. The van der Waals surface area contributed by atoms with E-state index in [1.165, 1.54) is 7.11 Å². The molecule has 1 atom stereocenters. The molecule has 0 rings (SSSR count). The Morgan fingerprint density at radius 3 is 2.46 bits per heavy atom. The van der Waals surface area contributed by atoms with Crippen LogP contribution in [0.1, 0.15) is 19.8 Å². The van der Waals surface area contributed by atoms with E-state index >= 15 is 0 Å². The molecule has 0 aliphatic heterocycles. The molecule has 0 saturated heterocycles. The van der Waals surface area contributed by atoms with Gasteiger partial charge in [-0.2, -0.15) is 0 Å². The molecule has 0 saturated carbocycles. The van der Waals surface area contributed by atoms with Gasteiger partial charge in [-0.15, -0.1) is 0 Å². The highest BCUT2D eigenvalue weighted by Crippen LogP contribution is 2.10. The molecule has 4 nitrogen and oxygen atoms in total. The van der Waals surface area contributed by atoms with Crippen molar-refractivity contribution >= 4 is 5.97 Å². The molecule has 13 heavy (non-hydrogen) atoms. The molecular weight excluding hydrogens is 168 g/mol. The van der Waals surface area contributed by atoms with E-state index in [1.807, 2.05) is 14.1 Å². The monoisotopic (exact) mass is 188 g/mol. The standard InChI is InChI=1S/C9H20N2O2/c1-9(10,8(12)13-4)6-5-7-11(2)3/h5-7,10H2,1-4H3. The fraction of sp³-hybridized carbons (Fsp3) is 0.889.